The average Bonchev–Trinajstić information content (AvgIpc) is 3.31. The summed E-state index contributed by atoms with van der Waals surface area (Å²) in [6.45, 7) is 2.75. The third kappa shape index (κ3) is 5.88. The topological polar surface area (TPSA) is 67.4 Å². The van der Waals surface area contributed by atoms with Crippen molar-refractivity contribution in [2.45, 2.75) is 20.1 Å². The molecule has 0 aliphatic carbocycles. The Kier molecular flexibility index (Phi) is 7.28. The van der Waals surface area contributed by atoms with Crippen LogP contribution in [0.15, 0.2) is 103 Å². The number of amides is 2. The zero-order valence-corrected chi connectivity index (χ0v) is 21.2. The molecule has 0 atom stereocenters. The molecule has 0 aliphatic heterocycles. The van der Waals surface area contributed by atoms with Gasteiger partial charge in [-0.2, -0.15) is 0 Å². The van der Waals surface area contributed by atoms with Gasteiger partial charge in [0.2, 0.25) is 0 Å². The van der Waals surface area contributed by atoms with E-state index in [0.717, 1.165) is 21.2 Å². The van der Waals surface area contributed by atoms with Gasteiger partial charge in [-0.3, -0.25) is 9.59 Å². The second kappa shape index (κ2) is 11.1. The quantitative estimate of drug-likeness (QED) is 0.239. The van der Waals surface area contributed by atoms with Gasteiger partial charge in [-0.1, -0.05) is 72.3 Å². The van der Waals surface area contributed by atoms with Gasteiger partial charge in [0, 0.05) is 27.9 Å². The molecule has 6 heteroatoms. The first-order valence-electron chi connectivity index (χ1n) is 12.0. The van der Waals surface area contributed by atoms with Crippen molar-refractivity contribution in [2.24, 2.45) is 0 Å². The minimum absolute atomic E-state index is 0.178. The van der Waals surface area contributed by atoms with E-state index in [9.17, 15) is 9.59 Å². The smallest absolute Gasteiger partial charge is 0.265 e. The van der Waals surface area contributed by atoms with Gasteiger partial charge < -0.3 is 15.4 Å². The fraction of sp³-hybridized carbons (Fsp3) is 0.0968. The van der Waals surface area contributed by atoms with E-state index in [1.807, 2.05) is 85.8 Å². The molecule has 2 N–H and O–H groups in total. The third-order valence-corrected chi connectivity index (χ3v) is 7.08. The lowest BCUT2D eigenvalue weighted by molar-refractivity contribution is 0.0950. The summed E-state index contributed by atoms with van der Waals surface area (Å²) in [6.07, 6.45) is 0. The van der Waals surface area contributed by atoms with Crippen LogP contribution >= 0.6 is 11.3 Å². The molecule has 0 bridgehead atoms. The van der Waals surface area contributed by atoms with Gasteiger partial charge in [-0.25, -0.2) is 0 Å². The molecule has 184 valence electrons. The highest BCUT2D eigenvalue weighted by Crippen LogP contribution is 2.38. The summed E-state index contributed by atoms with van der Waals surface area (Å²) in [5.41, 5.74) is 4.37. The normalized spacial score (nSPS) is 10.7. The number of fused-ring (bicyclic) bond motifs is 1. The van der Waals surface area contributed by atoms with Crippen LogP contribution < -0.4 is 15.4 Å². The number of carbonyl (C=O) groups excluding carboxylic acids is 2. The van der Waals surface area contributed by atoms with E-state index < -0.39 is 0 Å². The highest BCUT2D eigenvalue weighted by Gasteiger charge is 2.20. The van der Waals surface area contributed by atoms with E-state index in [-0.39, 0.29) is 11.8 Å². The highest BCUT2D eigenvalue weighted by molar-refractivity contribution is 7.21. The average molecular weight is 507 g/mol. The van der Waals surface area contributed by atoms with Gasteiger partial charge in [0.05, 0.1) is 0 Å². The van der Waals surface area contributed by atoms with Gasteiger partial charge in [0.1, 0.15) is 11.5 Å². The van der Waals surface area contributed by atoms with Gasteiger partial charge in [-0.15, -0.1) is 11.3 Å². The molecular formula is C31H26N2O3S. The molecule has 0 unspecified atom stereocenters. The predicted molar refractivity (Wildman–Crippen MR) is 149 cm³/mol. The molecule has 0 saturated heterocycles. The van der Waals surface area contributed by atoms with Crippen LogP contribution in [-0.4, -0.2) is 11.8 Å². The Balaban J connectivity index is 1.29. The molecule has 0 spiro atoms. The summed E-state index contributed by atoms with van der Waals surface area (Å²) >= 11 is 1.42. The number of thiophene rings is 1. The molecule has 5 nitrogen and oxygen atoms in total. The molecule has 37 heavy (non-hydrogen) atoms. The molecule has 2 amide bonds. The highest BCUT2D eigenvalue weighted by atomic mass is 32.1. The Morgan fingerprint density at radius 3 is 2.35 bits per heavy atom. The van der Waals surface area contributed by atoms with Gasteiger partial charge in [-0.05, 0) is 54.4 Å². The van der Waals surface area contributed by atoms with Gasteiger partial charge in [0.15, 0.2) is 5.75 Å². The SMILES string of the molecule is Cc1ccc(COc2c(C(=O)NCc3cccc(NC(=O)c4ccccc4)c3)sc3ccccc23)cc1. The molecule has 0 saturated carbocycles. The lowest BCUT2D eigenvalue weighted by atomic mass is 10.1. The van der Waals surface area contributed by atoms with E-state index in [0.29, 0.717) is 35.0 Å². The second-order valence-electron chi connectivity index (χ2n) is 8.73. The fourth-order valence-corrected chi connectivity index (χ4v) is 5.03. The zero-order chi connectivity index (χ0) is 25.6. The van der Waals surface area contributed by atoms with Crippen LogP contribution in [0.3, 0.4) is 0 Å². The summed E-state index contributed by atoms with van der Waals surface area (Å²) < 4.78 is 7.19. The Bertz CT molecular complexity index is 1540. The molecule has 5 aromatic rings. The number of rotatable bonds is 8. The van der Waals surface area contributed by atoms with Crippen LogP contribution in [0.25, 0.3) is 10.1 Å². The Hall–Kier alpha value is -4.42. The van der Waals surface area contributed by atoms with Crippen molar-refractivity contribution >= 4 is 38.9 Å². The number of hydrogen-bond donors (Lipinski definition) is 2. The van der Waals surface area contributed by atoms with Crippen molar-refractivity contribution in [3.63, 3.8) is 0 Å². The van der Waals surface area contributed by atoms with Crippen LogP contribution in [0.2, 0.25) is 0 Å². The number of nitrogens with one attached hydrogen (secondary N) is 2. The Labute approximate surface area is 219 Å². The maximum atomic E-state index is 13.3. The van der Waals surface area contributed by atoms with Crippen LogP contribution in [0.5, 0.6) is 5.75 Å². The lowest BCUT2D eigenvalue weighted by Crippen LogP contribution is -2.22. The van der Waals surface area contributed by atoms with Crippen molar-refractivity contribution in [3.05, 3.63) is 130 Å². The first-order valence-corrected chi connectivity index (χ1v) is 12.8. The number of benzene rings is 4. The predicted octanol–water partition coefficient (Wildman–Crippen LogP) is 6.97. The van der Waals surface area contributed by atoms with E-state index in [1.165, 1.54) is 16.9 Å². The van der Waals surface area contributed by atoms with E-state index in [4.69, 9.17) is 4.74 Å². The monoisotopic (exact) mass is 506 g/mol. The van der Waals surface area contributed by atoms with Crippen molar-refractivity contribution in [1.82, 2.24) is 5.32 Å². The number of hydrogen-bond acceptors (Lipinski definition) is 4. The molecule has 5 rings (SSSR count). The molecule has 0 fully saturated rings. The minimum atomic E-state index is -0.196. The standard InChI is InChI=1S/C31H26N2O3S/c1-21-14-16-22(17-15-21)20-36-28-26-12-5-6-13-27(26)37-29(28)31(35)32-19-23-8-7-11-25(18-23)33-30(34)24-9-3-2-4-10-24/h2-18H,19-20H2,1H3,(H,32,35)(H,33,34). The molecule has 0 aliphatic rings. The molecule has 4 aromatic carbocycles. The van der Waals surface area contributed by atoms with Crippen LogP contribution in [0.1, 0.15) is 36.7 Å². The number of aryl methyl sites for hydroxylation is 1. The summed E-state index contributed by atoms with van der Waals surface area (Å²) in [7, 11) is 0. The first kappa shape index (κ1) is 24.3. The largest absolute Gasteiger partial charge is 0.487 e. The van der Waals surface area contributed by atoms with E-state index in [2.05, 4.69) is 22.8 Å². The van der Waals surface area contributed by atoms with Crippen LogP contribution in [0.4, 0.5) is 5.69 Å². The minimum Gasteiger partial charge on any atom is -0.487 e. The second-order valence-corrected chi connectivity index (χ2v) is 9.79. The summed E-state index contributed by atoms with van der Waals surface area (Å²) in [5.74, 6) is 0.226. The van der Waals surface area contributed by atoms with Crippen molar-refractivity contribution in [1.29, 1.82) is 0 Å². The lowest BCUT2D eigenvalue weighted by Gasteiger charge is -2.10. The van der Waals surface area contributed by atoms with Crippen molar-refractivity contribution in [2.75, 3.05) is 5.32 Å². The van der Waals surface area contributed by atoms with Gasteiger partial charge >= 0.3 is 0 Å². The molecule has 1 heterocycles. The summed E-state index contributed by atoms with van der Waals surface area (Å²) in [5, 5.41) is 6.85. The maximum Gasteiger partial charge on any atom is 0.265 e. The van der Waals surface area contributed by atoms with Gasteiger partial charge in [0.25, 0.3) is 11.8 Å². The summed E-state index contributed by atoms with van der Waals surface area (Å²) in [6, 6.07) is 32.6. The number of ether oxygens (including phenoxy) is 1. The molecular weight excluding hydrogens is 480 g/mol. The fourth-order valence-electron chi connectivity index (χ4n) is 3.97. The van der Waals surface area contributed by atoms with Crippen molar-refractivity contribution < 1.29 is 14.3 Å². The first-order chi connectivity index (χ1) is 18.1. The molecule has 1 aromatic heterocycles. The van der Waals surface area contributed by atoms with E-state index >= 15 is 0 Å². The Morgan fingerprint density at radius 2 is 1.54 bits per heavy atom. The van der Waals surface area contributed by atoms with Crippen LogP contribution in [0, 0.1) is 6.92 Å². The molecule has 0 radical (unpaired) electrons. The van der Waals surface area contributed by atoms with Crippen molar-refractivity contribution in [3.8, 4) is 5.75 Å². The zero-order valence-electron chi connectivity index (χ0n) is 20.4. The number of carbonyl (C=O) groups is 2. The summed E-state index contributed by atoms with van der Waals surface area (Å²) in [4.78, 5) is 26.3. The Morgan fingerprint density at radius 1 is 0.784 bits per heavy atom. The third-order valence-electron chi connectivity index (χ3n) is 5.93. The van der Waals surface area contributed by atoms with E-state index in [1.54, 1.807) is 12.1 Å². The maximum absolute atomic E-state index is 13.3. The number of anilines is 1. The van der Waals surface area contributed by atoms with Crippen LogP contribution in [-0.2, 0) is 13.2 Å².